The molecule has 1 unspecified atom stereocenters. The summed E-state index contributed by atoms with van der Waals surface area (Å²) in [6.07, 6.45) is 1.40. The Bertz CT molecular complexity index is 343. The third-order valence-electron chi connectivity index (χ3n) is 2.67. The van der Waals surface area contributed by atoms with Gasteiger partial charge in [-0.15, -0.1) is 0 Å². The number of ketones is 1. The highest BCUT2D eigenvalue weighted by Gasteiger charge is 2.08. The van der Waals surface area contributed by atoms with Gasteiger partial charge in [0.15, 0.2) is 5.78 Å². The van der Waals surface area contributed by atoms with E-state index in [1.165, 1.54) is 0 Å². The van der Waals surface area contributed by atoms with E-state index in [0.29, 0.717) is 13.0 Å². The molecule has 1 aromatic carbocycles. The van der Waals surface area contributed by atoms with E-state index in [4.69, 9.17) is 9.47 Å². The van der Waals surface area contributed by atoms with Crippen molar-refractivity contribution in [1.29, 1.82) is 0 Å². The molecule has 0 heterocycles. The van der Waals surface area contributed by atoms with Crippen LogP contribution in [-0.4, -0.2) is 25.6 Å². The van der Waals surface area contributed by atoms with Crippen molar-refractivity contribution < 1.29 is 14.3 Å². The van der Waals surface area contributed by atoms with Gasteiger partial charge in [-0.25, -0.2) is 0 Å². The summed E-state index contributed by atoms with van der Waals surface area (Å²) in [6, 6.07) is 7.28. The molecule has 0 aliphatic rings. The van der Waals surface area contributed by atoms with Crippen LogP contribution >= 0.6 is 0 Å². The average molecular weight is 236 g/mol. The predicted octanol–water partition coefficient (Wildman–Crippen LogP) is 3.08. The summed E-state index contributed by atoms with van der Waals surface area (Å²) in [5.74, 6) is 0.950. The second-order valence-corrected chi connectivity index (χ2v) is 3.97. The highest BCUT2D eigenvalue weighted by Crippen LogP contribution is 2.14. The minimum absolute atomic E-state index is 0.127. The van der Waals surface area contributed by atoms with Gasteiger partial charge in [-0.2, -0.15) is 0 Å². The third-order valence-corrected chi connectivity index (χ3v) is 2.67. The molecule has 0 aliphatic carbocycles. The molecule has 0 N–H and O–H groups in total. The molecule has 0 saturated heterocycles. The zero-order chi connectivity index (χ0) is 12.7. The van der Waals surface area contributed by atoms with E-state index in [0.717, 1.165) is 17.7 Å². The molecule has 0 amide bonds. The smallest absolute Gasteiger partial charge is 0.162 e. The monoisotopic (exact) mass is 236 g/mol. The van der Waals surface area contributed by atoms with Gasteiger partial charge in [0.25, 0.3) is 0 Å². The maximum atomic E-state index is 11.8. The Balaban J connectivity index is 2.51. The molecule has 94 valence electrons. The molecule has 0 aromatic heterocycles. The number of hydrogen-bond acceptors (Lipinski definition) is 3. The first-order valence-electron chi connectivity index (χ1n) is 5.96. The Hall–Kier alpha value is -1.35. The van der Waals surface area contributed by atoms with Crippen LogP contribution in [0.5, 0.6) is 5.75 Å². The van der Waals surface area contributed by atoms with Gasteiger partial charge >= 0.3 is 0 Å². The zero-order valence-corrected chi connectivity index (χ0v) is 10.7. The second kappa shape index (κ2) is 7.07. The Kier molecular flexibility index (Phi) is 5.70. The largest absolute Gasteiger partial charge is 0.494 e. The number of benzene rings is 1. The summed E-state index contributed by atoms with van der Waals surface area (Å²) in [4.78, 5) is 11.8. The van der Waals surface area contributed by atoms with Gasteiger partial charge in [0, 0.05) is 19.1 Å². The lowest BCUT2D eigenvalue weighted by molar-refractivity contribution is 0.0878. The summed E-state index contributed by atoms with van der Waals surface area (Å²) in [6.45, 7) is 4.54. The minimum Gasteiger partial charge on any atom is -0.494 e. The van der Waals surface area contributed by atoms with Gasteiger partial charge < -0.3 is 9.47 Å². The Morgan fingerprint density at radius 2 is 1.94 bits per heavy atom. The number of ether oxygens (including phenoxy) is 2. The zero-order valence-electron chi connectivity index (χ0n) is 10.7. The Labute approximate surface area is 103 Å². The molecule has 1 aromatic rings. The van der Waals surface area contributed by atoms with Crippen molar-refractivity contribution >= 4 is 5.78 Å². The van der Waals surface area contributed by atoms with E-state index >= 15 is 0 Å². The number of Topliss-reactive ketones (excluding diaryl/α,β-unsaturated/α-hetero) is 1. The number of carbonyl (C=O) groups excluding carboxylic acids is 1. The van der Waals surface area contributed by atoms with Crippen LogP contribution in [0.3, 0.4) is 0 Å². The van der Waals surface area contributed by atoms with E-state index in [1.54, 1.807) is 7.11 Å². The van der Waals surface area contributed by atoms with Crippen LogP contribution in [-0.2, 0) is 4.74 Å². The molecule has 0 spiro atoms. The molecule has 0 radical (unpaired) electrons. The first-order valence-corrected chi connectivity index (χ1v) is 5.96. The molecule has 0 saturated carbocycles. The van der Waals surface area contributed by atoms with Crippen LogP contribution < -0.4 is 4.74 Å². The SMILES string of the molecule is CCOc1ccc(C(=O)CCC(C)OC)cc1. The van der Waals surface area contributed by atoms with Crippen LogP contribution in [0.4, 0.5) is 0 Å². The molecule has 1 rings (SSSR count). The molecule has 0 bridgehead atoms. The molecule has 0 fully saturated rings. The number of hydrogen-bond donors (Lipinski definition) is 0. The van der Waals surface area contributed by atoms with Gasteiger partial charge in [0.1, 0.15) is 5.75 Å². The number of rotatable bonds is 7. The molecule has 3 heteroatoms. The molecular weight excluding hydrogens is 216 g/mol. The van der Waals surface area contributed by atoms with Crippen LogP contribution in [0.15, 0.2) is 24.3 Å². The maximum absolute atomic E-state index is 11.8. The first-order chi connectivity index (χ1) is 8.17. The van der Waals surface area contributed by atoms with Gasteiger partial charge in [0.2, 0.25) is 0 Å². The Morgan fingerprint density at radius 1 is 1.29 bits per heavy atom. The van der Waals surface area contributed by atoms with Crippen molar-refractivity contribution in [2.45, 2.75) is 32.8 Å². The van der Waals surface area contributed by atoms with Crippen molar-refractivity contribution in [3.63, 3.8) is 0 Å². The van der Waals surface area contributed by atoms with Crippen LogP contribution in [0.2, 0.25) is 0 Å². The fourth-order valence-electron chi connectivity index (χ4n) is 1.50. The summed E-state index contributed by atoms with van der Waals surface area (Å²) in [5, 5.41) is 0. The van der Waals surface area contributed by atoms with Gasteiger partial charge in [-0.05, 0) is 44.5 Å². The summed E-state index contributed by atoms with van der Waals surface area (Å²) < 4.78 is 10.4. The fraction of sp³-hybridized carbons (Fsp3) is 0.500. The normalized spacial score (nSPS) is 12.2. The minimum atomic E-state index is 0.127. The summed E-state index contributed by atoms with van der Waals surface area (Å²) in [5.41, 5.74) is 0.733. The van der Waals surface area contributed by atoms with Crippen molar-refractivity contribution in [1.82, 2.24) is 0 Å². The van der Waals surface area contributed by atoms with Gasteiger partial charge in [-0.3, -0.25) is 4.79 Å². The highest BCUT2D eigenvalue weighted by molar-refractivity contribution is 5.96. The number of methoxy groups -OCH3 is 1. The molecule has 1 atom stereocenters. The fourth-order valence-corrected chi connectivity index (χ4v) is 1.50. The summed E-state index contributed by atoms with van der Waals surface area (Å²) >= 11 is 0. The molecular formula is C14H20O3. The quantitative estimate of drug-likeness (QED) is 0.682. The standard InChI is InChI=1S/C14H20O3/c1-4-17-13-8-6-12(7-9-13)14(15)10-5-11(2)16-3/h6-9,11H,4-5,10H2,1-3H3. The lowest BCUT2D eigenvalue weighted by Gasteiger charge is -2.08. The van der Waals surface area contributed by atoms with Crippen LogP contribution in [0, 0.1) is 0 Å². The van der Waals surface area contributed by atoms with Gasteiger partial charge in [-0.1, -0.05) is 0 Å². The van der Waals surface area contributed by atoms with Crippen LogP contribution in [0.1, 0.15) is 37.0 Å². The Morgan fingerprint density at radius 3 is 2.47 bits per heavy atom. The molecule has 0 aliphatic heterocycles. The lowest BCUT2D eigenvalue weighted by Crippen LogP contribution is -2.08. The predicted molar refractivity (Wildman–Crippen MR) is 67.6 cm³/mol. The second-order valence-electron chi connectivity index (χ2n) is 3.97. The van der Waals surface area contributed by atoms with E-state index in [1.807, 2.05) is 38.1 Å². The van der Waals surface area contributed by atoms with E-state index < -0.39 is 0 Å². The van der Waals surface area contributed by atoms with Crippen molar-refractivity contribution in [3.05, 3.63) is 29.8 Å². The average Bonchev–Trinajstić information content (AvgIpc) is 2.36. The topological polar surface area (TPSA) is 35.5 Å². The van der Waals surface area contributed by atoms with Crippen molar-refractivity contribution in [2.75, 3.05) is 13.7 Å². The van der Waals surface area contributed by atoms with Crippen molar-refractivity contribution in [2.24, 2.45) is 0 Å². The van der Waals surface area contributed by atoms with Gasteiger partial charge in [0.05, 0.1) is 12.7 Å². The van der Waals surface area contributed by atoms with E-state index in [9.17, 15) is 4.79 Å². The van der Waals surface area contributed by atoms with E-state index in [2.05, 4.69) is 0 Å². The third kappa shape index (κ3) is 4.57. The highest BCUT2D eigenvalue weighted by atomic mass is 16.5. The molecule has 17 heavy (non-hydrogen) atoms. The van der Waals surface area contributed by atoms with E-state index in [-0.39, 0.29) is 11.9 Å². The maximum Gasteiger partial charge on any atom is 0.162 e. The first kappa shape index (κ1) is 13.7. The van der Waals surface area contributed by atoms with Crippen molar-refractivity contribution in [3.8, 4) is 5.75 Å². The summed E-state index contributed by atoms with van der Waals surface area (Å²) in [7, 11) is 1.66. The number of carbonyl (C=O) groups is 1. The lowest BCUT2D eigenvalue weighted by atomic mass is 10.0. The molecule has 3 nitrogen and oxygen atoms in total. The van der Waals surface area contributed by atoms with Crippen LogP contribution in [0.25, 0.3) is 0 Å².